The number of rotatable bonds is 13. The standard InChI is InChI=1S/C34H48N6O10/c1-11-35-29(42)26-25(28-37-19(4)49-40-28)27(50-39-26)21-16-20(18(2)3)23(41)17-24(21)46-30(43)22(38-32(45)48-34(8,9)10)14-12-13-15-36-31(44)47-33(5,6)7/h16-18,22,41H,11-15H2,1-10H3,(H,35,42)(H,36,44)(H,38,45)/t22-/m0/s1. The zero-order chi connectivity index (χ0) is 37.4. The smallest absolute Gasteiger partial charge is 0.408 e. The molecule has 2 aromatic heterocycles. The topological polar surface area (TPSA) is 217 Å². The summed E-state index contributed by atoms with van der Waals surface area (Å²) in [5, 5.41) is 26.8. The van der Waals surface area contributed by atoms with Crippen LogP contribution in [0, 0.1) is 6.92 Å². The van der Waals surface area contributed by atoms with Crippen molar-refractivity contribution in [2.24, 2.45) is 0 Å². The summed E-state index contributed by atoms with van der Waals surface area (Å²) in [6.45, 7) is 17.9. The maximum atomic E-state index is 13.8. The number of ether oxygens (including phenoxy) is 3. The molecule has 0 bridgehead atoms. The van der Waals surface area contributed by atoms with Crippen molar-refractivity contribution in [2.45, 2.75) is 112 Å². The second-order valence-corrected chi connectivity index (χ2v) is 13.8. The lowest BCUT2D eigenvalue weighted by molar-refractivity contribution is -0.137. The van der Waals surface area contributed by atoms with Crippen LogP contribution in [0.25, 0.3) is 22.7 Å². The molecule has 0 spiro atoms. The number of aromatic hydroxyl groups is 1. The quantitative estimate of drug-likeness (QED) is 0.0947. The molecule has 50 heavy (non-hydrogen) atoms. The molecule has 0 radical (unpaired) electrons. The molecule has 0 fully saturated rings. The number of nitrogens with zero attached hydrogens (tertiary/aromatic N) is 3. The van der Waals surface area contributed by atoms with Crippen LogP contribution in [0.5, 0.6) is 11.5 Å². The number of benzene rings is 1. The van der Waals surface area contributed by atoms with Gasteiger partial charge >= 0.3 is 18.2 Å². The second-order valence-electron chi connectivity index (χ2n) is 13.8. The highest BCUT2D eigenvalue weighted by molar-refractivity contribution is 6.01. The Morgan fingerprint density at radius 1 is 0.920 bits per heavy atom. The molecule has 0 saturated heterocycles. The number of aryl methyl sites for hydroxylation is 1. The van der Waals surface area contributed by atoms with E-state index in [1.807, 2.05) is 13.8 Å². The monoisotopic (exact) mass is 700 g/mol. The van der Waals surface area contributed by atoms with Crippen LogP contribution in [0.3, 0.4) is 0 Å². The van der Waals surface area contributed by atoms with E-state index in [4.69, 9.17) is 23.3 Å². The summed E-state index contributed by atoms with van der Waals surface area (Å²) < 4.78 is 27.4. The zero-order valence-corrected chi connectivity index (χ0v) is 30.3. The minimum atomic E-state index is -1.20. The van der Waals surface area contributed by atoms with E-state index in [1.54, 1.807) is 61.5 Å². The Kier molecular flexibility index (Phi) is 13.0. The zero-order valence-electron chi connectivity index (χ0n) is 30.3. The fourth-order valence-corrected chi connectivity index (χ4v) is 4.65. The van der Waals surface area contributed by atoms with Gasteiger partial charge in [-0.1, -0.05) is 24.2 Å². The summed E-state index contributed by atoms with van der Waals surface area (Å²) in [5.41, 5.74) is -0.934. The Hall–Kier alpha value is -5.15. The van der Waals surface area contributed by atoms with Crippen LogP contribution in [0.1, 0.15) is 109 Å². The lowest BCUT2D eigenvalue weighted by Gasteiger charge is -2.23. The highest BCUT2D eigenvalue weighted by Crippen LogP contribution is 2.43. The van der Waals surface area contributed by atoms with E-state index in [0.717, 1.165) is 0 Å². The van der Waals surface area contributed by atoms with E-state index in [1.165, 1.54) is 6.07 Å². The minimum absolute atomic E-state index is 0.000844. The summed E-state index contributed by atoms with van der Waals surface area (Å²) in [6, 6.07) is 1.60. The number of aromatic nitrogens is 3. The first-order valence-corrected chi connectivity index (χ1v) is 16.4. The molecule has 0 saturated carbocycles. The Morgan fingerprint density at radius 3 is 2.16 bits per heavy atom. The molecule has 1 atom stereocenters. The van der Waals surface area contributed by atoms with Crippen LogP contribution in [-0.4, -0.2) is 74.8 Å². The van der Waals surface area contributed by atoms with Gasteiger partial charge < -0.3 is 44.3 Å². The van der Waals surface area contributed by atoms with Crippen LogP contribution in [0.4, 0.5) is 9.59 Å². The van der Waals surface area contributed by atoms with Gasteiger partial charge in [-0.2, -0.15) is 4.98 Å². The number of carbonyl (C=O) groups is 4. The molecule has 0 unspecified atom stereocenters. The Balaban J connectivity index is 1.99. The molecule has 2 heterocycles. The van der Waals surface area contributed by atoms with Crippen molar-refractivity contribution >= 4 is 24.1 Å². The van der Waals surface area contributed by atoms with E-state index in [-0.39, 0.29) is 64.7 Å². The molecule has 16 heteroatoms. The van der Waals surface area contributed by atoms with Crippen molar-refractivity contribution in [1.82, 2.24) is 31.2 Å². The van der Waals surface area contributed by atoms with Crippen LogP contribution >= 0.6 is 0 Å². The van der Waals surface area contributed by atoms with Gasteiger partial charge in [-0.15, -0.1) is 0 Å². The number of hydrogen-bond donors (Lipinski definition) is 4. The predicted molar refractivity (Wildman–Crippen MR) is 181 cm³/mol. The number of alkyl carbamates (subject to hydrolysis) is 2. The van der Waals surface area contributed by atoms with E-state index < -0.39 is 41.3 Å². The van der Waals surface area contributed by atoms with Gasteiger partial charge in [-0.3, -0.25) is 4.79 Å². The van der Waals surface area contributed by atoms with Crippen LogP contribution in [0.2, 0.25) is 0 Å². The van der Waals surface area contributed by atoms with Crippen molar-refractivity contribution in [3.05, 3.63) is 29.3 Å². The third-order valence-electron chi connectivity index (χ3n) is 6.77. The average Bonchev–Trinajstić information content (AvgIpc) is 3.60. The second kappa shape index (κ2) is 16.5. The molecule has 1 aromatic carbocycles. The molecule has 16 nitrogen and oxygen atoms in total. The normalized spacial score (nSPS) is 12.3. The number of amides is 3. The first-order valence-electron chi connectivity index (χ1n) is 16.4. The number of phenols is 1. The molecule has 0 aliphatic rings. The van der Waals surface area contributed by atoms with Gasteiger partial charge in [-0.05, 0) is 85.3 Å². The van der Waals surface area contributed by atoms with Crippen molar-refractivity contribution in [2.75, 3.05) is 13.1 Å². The molecule has 4 N–H and O–H groups in total. The highest BCUT2D eigenvalue weighted by Gasteiger charge is 2.32. The molecule has 3 amide bonds. The first kappa shape index (κ1) is 39.3. The van der Waals surface area contributed by atoms with Crippen LogP contribution < -0.4 is 20.7 Å². The first-order chi connectivity index (χ1) is 23.3. The summed E-state index contributed by atoms with van der Waals surface area (Å²) in [5.74, 6) is -1.76. The van der Waals surface area contributed by atoms with Crippen molar-refractivity contribution < 1.29 is 47.5 Å². The number of carbonyl (C=O) groups excluding carboxylic acids is 4. The molecular formula is C34H48N6O10. The molecule has 0 aliphatic carbocycles. The fourth-order valence-electron chi connectivity index (χ4n) is 4.65. The summed E-state index contributed by atoms with van der Waals surface area (Å²) in [6.07, 6.45) is -0.481. The van der Waals surface area contributed by atoms with E-state index in [2.05, 4.69) is 31.2 Å². The molecule has 3 aromatic rings. The predicted octanol–water partition coefficient (Wildman–Crippen LogP) is 5.77. The largest absolute Gasteiger partial charge is 0.508 e. The third kappa shape index (κ3) is 11.2. The number of hydrogen-bond acceptors (Lipinski definition) is 13. The highest BCUT2D eigenvalue weighted by atomic mass is 16.6. The summed E-state index contributed by atoms with van der Waals surface area (Å²) in [7, 11) is 0. The molecule has 3 rings (SSSR count). The average molecular weight is 701 g/mol. The van der Waals surface area contributed by atoms with Crippen molar-refractivity contribution in [3.8, 4) is 34.2 Å². The van der Waals surface area contributed by atoms with Crippen molar-refractivity contribution in [1.29, 1.82) is 0 Å². The van der Waals surface area contributed by atoms with E-state index >= 15 is 0 Å². The van der Waals surface area contributed by atoms with Crippen molar-refractivity contribution in [3.63, 3.8) is 0 Å². The molecular weight excluding hydrogens is 652 g/mol. The third-order valence-corrected chi connectivity index (χ3v) is 6.77. The van der Waals surface area contributed by atoms with Gasteiger partial charge in [0.1, 0.15) is 34.3 Å². The minimum Gasteiger partial charge on any atom is -0.508 e. The van der Waals surface area contributed by atoms with Gasteiger partial charge in [0.05, 0.1) is 5.56 Å². The van der Waals surface area contributed by atoms with E-state index in [9.17, 15) is 24.3 Å². The van der Waals surface area contributed by atoms with Gasteiger partial charge in [0.2, 0.25) is 11.7 Å². The Morgan fingerprint density at radius 2 is 1.58 bits per heavy atom. The molecule has 274 valence electrons. The van der Waals surface area contributed by atoms with Crippen LogP contribution in [0.15, 0.2) is 21.2 Å². The SMILES string of the molecule is CCNC(=O)c1noc(-c2cc(C(C)C)c(O)cc2OC(=O)[C@H](CCCCNC(=O)OC(C)(C)C)NC(=O)OC(C)(C)C)c1-c1noc(C)n1. The van der Waals surface area contributed by atoms with Crippen LogP contribution in [-0.2, 0) is 14.3 Å². The van der Waals surface area contributed by atoms with Gasteiger partial charge in [0.15, 0.2) is 11.5 Å². The maximum Gasteiger partial charge on any atom is 0.408 e. The lowest BCUT2D eigenvalue weighted by Crippen LogP contribution is -2.45. The lowest BCUT2D eigenvalue weighted by atomic mass is 9.96. The Labute approximate surface area is 291 Å². The number of nitrogens with one attached hydrogen (secondary N) is 3. The number of phenolic OH excluding ortho intramolecular Hbond substituents is 1. The molecule has 0 aliphatic heterocycles. The fraction of sp³-hybridized carbons (Fsp3) is 0.559. The maximum absolute atomic E-state index is 13.8. The van der Waals surface area contributed by atoms with Gasteiger partial charge in [-0.25, -0.2) is 14.4 Å². The van der Waals surface area contributed by atoms with E-state index in [0.29, 0.717) is 24.9 Å². The number of esters is 1. The van der Waals surface area contributed by atoms with Gasteiger partial charge in [0, 0.05) is 26.1 Å². The summed E-state index contributed by atoms with van der Waals surface area (Å²) in [4.78, 5) is 55.9. The van der Waals surface area contributed by atoms with Gasteiger partial charge in [0.25, 0.3) is 5.91 Å². The summed E-state index contributed by atoms with van der Waals surface area (Å²) >= 11 is 0. The Bertz CT molecular complexity index is 1670. The number of unbranched alkanes of at least 4 members (excludes halogenated alkanes) is 1.